The summed E-state index contributed by atoms with van der Waals surface area (Å²) in [5.41, 5.74) is 5.58. The number of methoxy groups -OCH3 is 1. The quantitative estimate of drug-likeness (QED) is 0.732. The molecule has 106 valence electrons. The van der Waals surface area contributed by atoms with Crippen LogP contribution in [-0.4, -0.2) is 31.2 Å². The molecule has 0 radical (unpaired) electrons. The molecule has 0 aromatic heterocycles. The number of rotatable bonds is 7. The van der Waals surface area contributed by atoms with Gasteiger partial charge in [0.05, 0.1) is 18.2 Å². The summed E-state index contributed by atoms with van der Waals surface area (Å²) in [5, 5.41) is 3.07. The molecule has 4 heteroatoms. The highest BCUT2D eigenvalue weighted by Crippen LogP contribution is 2.26. The van der Waals surface area contributed by atoms with E-state index < -0.39 is 5.54 Å². The Morgan fingerprint density at radius 3 is 2.61 bits per heavy atom. The Bertz CT molecular complexity index is 250. The fourth-order valence-electron chi connectivity index (χ4n) is 2.59. The topological polar surface area (TPSA) is 64.3 Å². The lowest BCUT2D eigenvalue weighted by Crippen LogP contribution is -2.57. The predicted octanol–water partition coefficient (Wildman–Crippen LogP) is 1.97. The van der Waals surface area contributed by atoms with Crippen LogP contribution in [0, 0.1) is 0 Å². The van der Waals surface area contributed by atoms with Crippen LogP contribution in [0.15, 0.2) is 0 Å². The fraction of sp³-hybridized carbons (Fsp3) is 0.929. The van der Waals surface area contributed by atoms with E-state index in [9.17, 15) is 4.79 Å². The van der Waals surface area contributed by atoms with Crippen LogP contribution < -0.4 is 11.1 Å². The van der Waals surface area contributed by atoms with Crippen LogP contribution in [0.25, 0.3) is 0 Å². The molecule has 0 bridgehead atoms. The molecule has 3 N–H and O–H groups in total. The van der Waals surface area contributed by atoms with Gasteiger partial charge in [0, 0.05) is 7.11 Å². The van der Waals surface area contributed by atoms with Crippen molar-refractivity contribution < 1.29 is 9.53 Å². The Morgan fingerprint density at radius 2 is 2.06 bits per heavy atom. The zero-order valence-electron chi connectivity index (χ0n) is 11.8. The minimum absolute atomic E-state index is 0.0142. The number of nitrogens with one attached hydrogen (secondary N) is 1. The number of carbonyl (C=O) groups excluding carboxylic acids is 1. The number of unbranched alkanes of at least 4 members (excludes halogenated alkanes) is 1. The molecule has 1 aliphatic carbocycles. The van der Waals surface area contributed by atoms with Crippen LogP contribution in [0.4, 0.5) is 0 Å². The smallest absolute Gasteiger partial charge is 0.240 e. The van der Waals surface area contributed by atoms with E-state index in [1.807, 2.05) is 0 Å². The molecule has 1 fully saturated rings. The summed E-state index contributed by atoms with van der Waals surface area (Å²) < 4.78 is 5.17. The molecule has 1 saturated carbocycles. The fourth-order valence-corrected chi connectivity index (χ4v) is 2.59. The second-order valence-electron chi connectivity index (χ2n) is 5.48. The highest BCUT2D eigenvalue weighted by atomic mass is 16.5. The van der Waals surface area contributed by atoms with Gasteiger partial charge in [0.1, 0.15) is 0 Å². The van der Waals surface area contributed by atoms with Crippen LogP contribution in [0.1, 0.15) is 58.3 Å². The van der Waals surface area contributed by atoms with Crippen molar-refractivity contribution >= 4 is 5.91 Å². The minimum atomic E-state index is -0.642. The lowest BCUT2D eigenvalue weighted by Gasteiger charge is -2.33. The maximum Gasteiger partial charge on any atom is 0.240 e. The van der Waals surface area contributed by atoms with E-state index in [1.165, 1.54) is 6.42 Å². The maximum absolute atomic E-state index is 12.3. The third-order valence-corrected chi connectivity index (χ3v) is 3.81. The Kier molecular flexibility index (Phi) is 6.65. The average Bonchev–Trinajstić information content (AvgIpc) is 2.37. The van der Waals surface area contributed by atoms with E-state index in [1.54, 1.807) is 7.11 Å². The lowest BCUT2D eigenvalue weighted by atomic mass is 9.81. The standard InChI is InChI=1S/C14H28N2O2/c1-3-4-8-12(11-18-2)16-13(17)14(15)9-6-5-7-10-14/h12H,3-11,15H2,1-2H3,(H,16,17). The summed E-state index contributed by atoms with van der Waals surface area (Å²) in [6, 6.07) is 0.102. The summed E-state index contributed by atoms with van der Waals surface area (Å²) in [7, 11) is 1.67. The third-order valence-electron chi connectivity index (χ3n) is 3.81. The van der Waals surface area contributed by atoms with Crippen LogP contribution in [0.3, 0.4) is 0 Å². The molecule has 1 unspecified atom stereocenters. The van der Waals surface area contributed by atoms with Gasteiger partial charge in [-0.2, -0.15) is 0 Å². The van der Waals surface area contributed by atoms with E-state index >= 15 is 0 Å². The van der Waals surface area contributed by atoms with Gasteiger partial charge >= 0.3 is 0 Å². The molecule has 1 aliphatic rings. The maximum atomic E-state index is 12.3. The number of nitrogens with two attached hydrogens (primary N) is 1. The molecular weight excluding hydrogens is 228 g/mol. The molecule has 0 saturated heterocycles. The van der Waals surface area contributed by atoms with E-state index in [0.717, 1.165) is 44.9 Å². The van der Waals surface area contributed by atoms with Crippen molar-refractivity contribution in [3.63, 3.8) is 0 Å². The molecular formula is C14H28N2O2. The van der Waals surface area contributed by atoms with Crippen molar-refractivity contribution in [3.05, 3.63) is 0 Å². The van der Waals surface area contributed by atoms with Gasteiger partial charge in [0.15, 0.2) is 0 Å². The van der Waals surface area contributed by atoms with Crippen LogP contribution >= 0.6 is 0 Å². The van der Waals surface area contributed by atoms with Crippen molar-refractivity contribution in [2.75, 3.05) is 13.7 Å². The largest absolute Gasteiger partial charge is 0.383 e. The second-order valence-corrected chi connectivity index (χ2v) is 5.48. The van der Waals surface area contributed by atoms with Crippen molar-refractivity contribution in [1.82, 2.24) is 5.32 Å². The Hall–Kier alpha value is -0.610. The van der Waals surface area contributed by atoms with Crippen molar-refractivity contribution in [2.45, 2.75) is 69.9 Å². The number of hydrogen-bond acceptors (Lipinski definition) is 3. The third kappa shape index (κ3) is 4.58. The minimum Gasteiger partial charge on any atom is -0.383 e. The normalized spacial score (nSPS) is 20.4. The molecule has 0 aliphatic heterocycles. The SMILES string of the molecule is CCCCC(COC)NC(=O)C1(N)CCCCC1. The number of hydrogen-bond donors (Lipinski definition) is 2. The van der Waals surface area contributed by atoms with Gasteiger partial charge in [-0.05, 0) is 19.3 Å². The Balaban J connectivity index is 2.48. The van der Waals surface area contributed by atoms with Gasteiger partial charge in [0.25, 0.3) is 0 Å². The summed E-state index contributed by atoms with van der Waals surface area (Å²) in [6.45, 7) is 2.72. The predicted molar refractivity (Wildman–Crippen MR) is 73.3 cm³/mol. The number of carbonyl (C=O) groups is 1. The Morgan fingerprint density at radius 1 is 1.39 bits per heavy atom. The summed E-state index contributed by atoms with van der Waals surface area (Å²) in [4.78, 5) is 12.3. The summed E-state index contributed by atoms with van der Waals surface area (Å²) >= 11 is 0. The molecule has 0 heterocycles. The van der Waals surface area contributed by atoms with E-state index in [-0.39, 0.29) is 11.9 Å². The van der Waals surface area contributed by atoms with E-state index in [2.05, 4.69) is 12.2 Å². The first-order valence-corrected chi connectivity index (χ1v) is 7.21. The van der Waals surface area contributed by atoms with Gasteiger partial charge in [-0.15, -0.1) is 0 Å². The summed E-state index contributed by atoms with van der Waals surface area (Å²) in [5.74, 6) is 0.0142. The molecule has 4 nitrogen and oxygen atoms in total. The highest BCUT2D eigenvalue weighted by molar-refractivity contribution is 5.86. The second kappa shape index (κ2) is 7.74. The first kappa shape index (κ1) is 15.4. The van der Waals surface area contributed by atoms with Crippen LogP contribution in [-0.2, 0) is 9.53 Å². The molecule has 0 spiro atoms. The molecule has 1 rings (SSSR count). The highest BCUT2D eigenvalue weighted by Gasteiger charge is 2.36. The van der Waals surface area contributed by atoms with Gasteiger partial charge in [-0.3, -0.25) is 4.79 Å². The van der Waals surface area contributed by atoms with Gasteiger partial charge in [-0.25, -0.2) is 0 Å². The lowest BCUT2D eigenvalue weighted by molar-refractivity contribution is -0.128. The summed E-state index contributed by atoms with van der Waals surface area (Å²) in [6.07, 6.45) is 8.14. The first-order valence-electron chi connectivity index (χ1n) is 7.21. The molecule has 1 amide bonds. The molecule has 0 aromatic rings. The zero-order valence-corrected chi connectivity index (χ0v) is 11.8. The van der Waals surface area contributed by atoms with Gasteiger partial charge < -0.3 is 15.8 Å². The van der Waals surface area contributed by atoms with E-state index in [0.29, 0.717) is 6.61 Å². The number of ether oxygens (including phenoxy) is 1. The number of amides is 1. The molecule has 0 aromatic carbocycles. The Labute approximate surface area is 111 Å². The van der Waals surface area contributed by atoms with E-state index in [4.69, 9.17) is 10.5 Å². The zero-order chi connectivity index (χ0) is 13.4. The monoisotopic (exact) mass is 256 g/mol. The van der Waals surface area contributed by atoms with Gasteiger partial charge in [-0.1, -0.05) is 39.0 Å². The first-order chi connectivity index (χ1) is 8.62. The van der Waals surface area contributed by atoms with Crippen LogP contribution in [0.5, 0.6) is 0 Å². The van der Waals surface area contributed by atoms with Gasteiger partial charge in [0.2, 0.25) is 5.91 Å². The van der Waals surface area contributed by atoms with Crippen LogP contribution in [0.2, 0.25) is 0 Å². The van der Waals surface area contributed by atoms with Crippen molar-refractivity contribution in [2.24, 2.45) is 5.73 Å². The average molecular weight is 256 g/mol. The van der Waals surface area contributed by atoms with Crippen molar-refractivity contribution in [1.29, 1.82) is 0 Å². The molecule has 1 atom stereocenters. The van der Waals surface area contributed by atoms with Crippen molar-refractivity contribution in [3.8, 4) is 0 Å². The molecule has 18 heavy (non-hydrogen) atoms.